The van der Waals surface area contributed by atoms with Crippen molar-refractivity contribution in [3.8, 4) is 0 Å². The molecule has 1 atom stereocenters. The monoisotopic (exact) mass is 238 g/mol. The van der Waals surface area contributed by atoms with Gasteiger partial charge in [0.15, 0.2) is 0 Å². The summed E-state index contributed by atoms with van der Waals surface area (Å²) in [5, 5.41) is 3.53. The van der Waals surface area contributed by atoms with Crippen molar-refractivity contribution in [3.05, 3.63) is 24.2 Å². The van der Waals surface area contributed by atoms with Crippen molar-refractivity contribution in [1.82, 2.24) is 10.2 Å². The first kappa shape index (κ1) is 14.3. The van der Waals surface area contributed by atoms with Gasteiger partial charge in [0.2, 0.25) is 0 Å². The first-order chi connectivity index (χ1) is 8.13. The van der Waals surface area contributed by atoms with Crippen LogP contribution in [0.15, 0.2) is 23.0 Å². The minimum atomic E-state index is 0.587. The molecule has 0 aliphatic heterocycles. The summed E-state index contributed by atoms with van der Waals surface area (Å²) in [5.41, 5.74) is 1.25. The normalized spacial score (nSPS) is 13.5. The minimum absolute atomic E-state index is 0.587. The Hall–Kier alpha value is -0.800. The van der Waals surface area contributed by atoms with Crippen LogP contribution in [0.2, 0.25) is 0 Å². The fraction of sp³-hybridized carbons (Fsp3) is 0.714. The van der Waals surface area contributed by atoms with Crippen molar-refractivity contribution in [2.45, 2.75) is 39.8 Å². The van der Waals surface area contributed by atoms with E-state index in [1.807, 2.05) is 12.3 Å². The van der Waals surface area contributed by atoms with Gasteiger partial charge in [-0.15, -0.1) is 0 Å². The molecule has 0 fully saturated rings. The Morgan fingerprint density at radius 2 is 2.12 bits per heavy atom. The van der Waals surface area contributed by atoms with Gasteiger partial charge in [0, 0.05) is 24.7 Å². The predicted molar refractivity (Wildman–Crippen MR) is 72.0 cm³/mol. The molecule has 1 aromatic rings. The smallest absolute Gasteiger partial charge is 0.0947 e. The van der Waals surface area contributed by atoms with Gasteiger partial charge in [-0.3, -0.25) is 4.90 Å². The van der Waals surface area contributed by atoms with E-state index in [1.54, 1.807) is 6.26 Å². The Bertz CT molecular complexity index is 282. The highest BCUT2D eigenvalue weighted by Crippen LogP contribution is 2.08. The molecule has 0 radical (unpaired) electrons. The first-order valence-corrected chi connectivity index (χ1v) is 6.55. The summed E-state index contributed by atoms with van der Waals surface area (Å²) in [6, 6.07) is 2.62. The van der Waals surface area contributed by atoms with Gasteiger partial charge >= 0.3 is 0 Å². The summed E-state index contributed by atoms with van der Waals surface area (Å²) >= 11 is 0. The van der Waals surface area contributed by atoms with E-state index in [-0.39, 0.29) is 0 Å². The van der Waals surface area contributed by atoms with Crippen molar-refractivity contribution in [2.75, 3.05) is 20.1 Å². The molecule has 0 aliphatic carbocycles. The van der Waals surface area contributed by atoms with E-state index in [1.165, 1.54) is 12.0 Å². The average Bonchev–Trinajstić information content (AvgIpc) is 2.76. The summed E-state index contributed by atoms with van der Waals surface area (Å²) in [6.45, 7) is 9.83. The zero-order valence-corrected chi connectivity index (χ0v) is 11.6. The maximum absolute atomic E-state index is 5.10. The van der Waals surface area contributed by atoms with Gasteiger partial charge in [0.05, 0.1) is 12.5 Å². The highest BCUT2D eigenvalue weighted by atomic mass is 16.3. The fourth-order valence-corrected chi connectivity index (χ4v) is 1.95. The van der Waals surface area contributed by atoms with Crippen LogP contribution in [-0.4, -0.2) is 31.1 Å². The third-order valence-corrected chi connectivity index (χ3v) is 3.04. The van der Waals surface area contributed by atoms with Crippen LogP contribution in [0.3, 0.4) is 0 Å². The zero-order chi connectivity index (χ0) is 12.7. The number of likely N-dealkylation sites (N-methyl/N-ethyl adjacent to an activating group) is 1. The fourth-order valence-electron chi connectivity index (χ4n) is 1.95. The van der Waals surface area contributed by atoms with Crippen molar-refractivity contribution in [3.63, 3.8) is 0 Å². The molecule has 17 heavy (non-hydrogen) atoms. The second-order valence-corrected chi connectivity index (χ2v) is 5.16. The van der Waals surface area contributed by atoms with E-state index in [0.29, 0.717) is 12.0 Å². The molecule has 3 heteroatoms. The zero-order valence-electron chi connectivity index (χ0n) is 11.6. The van der Waals surface area contributed by atoms with E-state index in [4.69, 9.17) is 4.42 Å². The molecule has 0 amide bonds. The van der Waals surface area contributed by atoms with Gasteiger partial charge in [-0.25, -0.2) is 0 Å². The Morgan fingerprint density at radius 1 is 1.35 bits per heavy atom. The van der Waals surface area contributed by atoms with Crippen molar-refractivity contribution >= 4 is 0 Å². The van der Waals surface area contributed by atoms with Crippen LogP contribution in [0.4, 0.5) is 0 Å². The van der Waals surface area contributed by atoms with Gasteiger partial charge in [0.1, 0.15) is 0 Å². The van der Waals surface area contributed by atoms with Gasteiger partial charge in [-0.1, -0.05) is 20.8 Å². The van der Waals surface area contributed by atoms with E-state index in [9.17, 15) is 0 Å². The molecule has 3 nitrogen and oxygen atoms in total. The molecule has 0 bridgehead atoms. The lowest BCUT2D eigenvalue weighted by atomic mass is 10.1. The molecule has 1 unspecified atom stereocenters. The molecule has 1 rings (SSSR count). The van der Waals surface area contributed by atoms with E-state index >= 15 is 0 Å². The third kappa shape index (κ3) is 5.37. The van der Waals surface area contributed by atoms with E-state index in [2.05, 4.69) is 38.0 Å². The summed E-state index contributed by atoms with van der Waals surface area (Å²) in [7, 11) is 2.18. The topological polar surface area (TPSA) is 28.4 Å². The van der Waals surface area contributed by atoms with E-state index < -0.39 is 0 Å². The lowest BCUT2D eigenvalue weighted by molar-refractivity contribution is 0.219. The number of rotatable bonds is 8. The molecule has 0 spiro atoms. The molecule has 1 heterocycles. The lowest BCUT2D eigenvalue weighted by Crippen LogP contribution is -2.40. The van der Waals surface area contributed by atoms with Gasteiger partial charge in [-0.2, -0.15) is 0 Å². The summed E-state index contributed by atoms with van der Waals surface area (Å²) < 4.78 is 5.10. The Kier molecular flexibility index (Phi) is 6.30. The van der Waals surface area contributed by atoms with Crippen LogP contribution in [0, 0.1) is 5.92 Å². The van der Waals surface area contributed by atoms with Crippen LogP contribution < -0.4 is 5.32 Å². The van der Waals surface area contributed by atoms with Gasteiger partial charge < -0.3 is 9.73 Å². The maximum atomic E-state index is 5.10. The van der Waals surface area contributed by atoms with Crippen LogP contribution in [0.1, 0.15) is 32.8 Å². The number of nitrogens with one attached hydrogen (secondary N) is 1. The molecule has 1 aromatic heterocycles. The Morgan fingerprint density at radius 3 is 2.65 bits per heavy atom. The Balaban J connectivity index is 2.33. The lowest BCUT2D eigenvalue weighted by Gasteiger charge is -2.27. The molecule has 0 saturated heterocycles. The second kappa shape index (κ2) is 7.51. The SMILES string of the molecule is CCC(CNCC(C)C)N(C)Cc1ccoc1. The highest BCUT2D eigenvalue weighted by molar-refractivity contribution is 5.05. The quantitative estimate of drug-likeness (QED) is 0.755. The van der Waals surface area contributed by atoms with Crippen LogP contribution in [-0.2, 0) is 6.54 Å². The molecule has 1 N–H and O–H groups in total. The standard InChI is InChI=1S/C14H26N2O/c1-5-14(9-15-8-12(2)3)16(4)10-13-6-7-17-11-13/h6-7,11-12,14-15H,5,8-10H2,1-4H3. The van der Waals surface area contributed by atoms with Crippen LogP contribution >= 0.6 is 0 Å². The van der Waals surface area contributed by atoms with Crippen molar-refractivity contribution in [2.24, 2.45) is 5.92 Å². The minimum Gasteiger partial charge on any atom is -0.472 e. The third-order valence-electron chi connectivity index (χ3n) is 3.04. The number of furan rings is 1. The largest absolute Gasteiger partial charge is 0.472 e. The van der Waals surface area contributed by atoms with Crippen LogP contribution in [0.25, 0.3) is 0 Å². The summed E-state index contributed by atoms with van der Waals surface area (Å²) in [5.74, 6) is 0.715. The highest BCUT2D eigenvalue weighted by Gasteiger charge is 2.13. The first-order valence-electron chi connectivity index (χ1n) is 6.55. The molecule has 0 saturated carbocycles. The number of hydrogen-bond acceptors (Lipinski definition) is 3. The van der Waals surface area contributed by atoms with E-state index in [0.717, 1.165) is 19.6 Å². The Labute approximate surface area is 105 Å². The summed E-state index contributed by atoms with van der Waals surface area (Å²) in [4.78, 5) is 2.39. The number of hydrogen-bond donors (Lipinski definition) is 1. The van der Waals surface area contributed by atoms with Crippen LogP contribution in [0.5, 0.6) is 0 Å². The van der Waals surface area contributed by atoms with Crippen molar-refractivity contribution in [1.29, 1.82) is 0 Å². The molecular weight excluding hydrogens is 212 g/mol. The average molecular weight is 238 g/mol. The predicted octanol–water partition coefficient (Wildman–Crippen LogP) is 2.74. The molecular formula is C14H26N2O. The molecule has 0 aromatic carbocycles. The molecule has 98 valence electrons. The summed E-state index contributed by atoms with van der Waals surface area (Å²) in [6.07, 6.45) is 4.73. The second-order valence-electron chi connectivity index (χ2n) is 5.16. The van der Waals surface area contributed by atoms with Gasteiger partial charge in [-0.05, 0) is 32.0 Å². The molecule has 0 aliphatic rings. The van der Waals surface area contributed by atoms with Crippen molar-refractivity contribution < 1.29 is 4.42 Å². The number of nitrogens with zero attached hydrogens (tertiary/aromatic N) is 1. The maximum Gasteiger partial charge on any atom is 0.0947 e. The van der Waals surface area contributed by atoms with Gasteiger partial charge in [0.25, 0.3) is 0 Å².